The summed E-state index contributed by atoms with van der Waals surface area (Å²) in [6.07, 6.45) is 10.1. The van der Waals surface area contributed by atoms with Crippen LogP contribution in [0.15, 0.2) is 42.5 Å². The van der Waals surface area contributed by atoms with Crippen LogP contribution >= 0.6 is 0 Å². The summed E-state index contributed by atoms with van der Waals surface area (Å²) in [7, 11) is -2.50. The Morgan fingerprint density at radius 1 is 0.824 bits per heavy atom. The molecule has 1 aromatic rings. The molecule has 0 spiro atoms. The smallest absolute Gasteiger partial charge is 0.535 e. The summed E-state index contributed by atoms with van der Waals surface area (Å²) in [5.74, 6) is -3.29. The third-order valence-electron chi connectivity index (χ3n) is 9.01. The Hall–Kier alpha value is -3.89. The van der Waals surface area contributed by atoms with E-state index >= 15 is 0 Å². The number of aliphatic carboxylic acids is 2. The molecule has 1 aromatic carbocycles. The second-order valence-corrected chi connectivity index (χ2v) is 13.4. The molecule has 3 aliphatic rings. The Labute approximate surface area is 298 Å². The molecule has 278 valence electrons. The number of nitrogens with two attached hydrogens (primary N) is 2. The van der Waals surface area contributed by atoms with Crippen LogP contribution in [0.5, 0.6) is 11.5 Å². The summed E-state index contributed by atoms with van der Waals surface area (Å²) >= 11 is 0. The number of nitrogens with one attached hydrogen (secondary N) is 2. The topological polar surface area (TPSA) is 242 Å². The van der Waals surface area contributed by atoms with Gasteiger partial charge in [-0.2, -0.15) is 0 Å². The lowest BCUT2D eigenvalue weighted by molar-refractivity contribution is -0.139. The third-order valence-corrected chi connectivity index (χ3v) is 9.01. The van der Waals surface area contributed by atoms with Crippen molar-refractivity contribution in [2.75, 3.05) is 13.2 Å². The van der Waals surface area contributed by atoms with Gasteiger partial charge in [0.2, 0.25) is 11.8 Å². The van der Waals surface area contributed by atoms with Gasteiger partial charge in [0.15, 0.2) is 0 Å². The standard InChI is InChI=1S/C34H50B2N4O11/c37-13-1-2-14-48-27-15-23(18-32(42)39-29-7-3-5-25(20-33(43)44)49-35(29)47)16-28(19-27)51-36-30(8-4-6-26(50-36)21-34(45)46)40-31(41)17-22-9-11-24(38)12-10-22/h3-6,15-16,19,22,24-26,29-30,47H,1-2,7-14,17-18,20-21,37-38H2,(H,39,42)(H,40,41)(H,43,44)(H,45,46)/t22?,24?,25-,26-,29+,30+/m1/s1. The first-order valence-corrected chi connectivity index (χ1v) is 17.7. The van der Waals surface area contributed by atoms with E-state index in [1.807, 2.05) is 0 Å². The summed E-state index contributed by atoms with van der Waals surface area (Å²) < 4.78 is 23.9. The van der Waals surface area contributed by atoms with Crippen LogP contribution in [0, 0.1) is 5.92 Å². The van der Waals surface area contributed by atoms with Crippen molar-refractivity contribution in [1.82, 2.24) is 10.6 Å². The van der Waals surface area contributed by atoms with E-state index in [0.29, 0.717) is 43.7 Å². The summed E-state index contributed by atoms with van der Waals surface area (Å²) in [6.45, 7) is 0.865. The van der Waals surface area contributed by atoms with Crippen LogP contribution in [0.4, 0.5) is 0 Å². The summed E-state index contributed by atoms with van der Waals surface area (Å²) in [5, 5.41) is 34.9. The van der Waals surface area contributed by atoms with Crippen LogP contribution in [0.25, 0.3) is 0 Å². The number of unbranched alkanes of at least 4 members (excludes halogenated alkanes) is 1. The Kier molecular flexibility index (Phi) is 15.8. The number of carboxylic acids is 2. The molecule has 1 aliphatic carbocycles. The van der Waals surface area contributed by atoms with E-state index in [9.17, 15) is 29.3 Å². The number of ether oxygens (including phenoxy) is 1. The predicted molar refractivity (Wildman–Crippen MR) is 188 cm³/mol. The molecule has 2 amide bonds. The predicted octanol–water partition coefficient (Wildman–Crippen LogP) is 1.29. The van der Waals surface area contributed by atoms with E-state index in [0.717, 1.165) is 32.1 Å². The zero-order valence-electron chi connectivity index (χ0n) is 28.8. The molecule has 1 saturated carbocycles. The molecule has 0 radical (unpaired) electrons. The molecule has 17 heteroatoms. The van der Waals surface area contributed by atoms with Gasteiger partial charge in [0.05, 0.1) is 50.0 Å². The fourth-order valence-corrected chi connectivity index (χ4v) is 6.37. The zero-order valence-corrected chi connectivity index (χ0v) is 28.8. The lowest BCUT2D eigenvalue weighted by Crippen LogP contribution is -2.51. The first kappa shape index (κ1) is 39.9. The number of carboxylic acid groups (broad SMARTS) is 2. The van der Waals surface area contributed by atoms with Gasteiger partial charge in [0.1, 0.15) is 11.5 Å². The van der Waals surface area contributed by atoms with Gasteiger partial charge in [-0.25, -0.2) is 0 Å². The molecule has 4 rings (SSSR count). The lowest BCUT2D eigenvalue weighted by Gasteiger charge is -2.28. The zero-order chi connectivity index (χ0) is 36.8. The molecule has 0 bridgehead atoms. The number of benzene rings is 1. The molecular weight excluding hydrogens is 662 g/mol. The highest BCUT2D eigenvalue weighted by Crippen LogP contribution is 2.28. The van der Waals surface area contributed by atoms with Crippen molar-refractivity contribution in [3.63, 3.8) is 0 Å². The molecule has 0 unspecified atom stereocenters. The maximum atomic E-state index is 13.2. The van der Waals surface area contributed by atoms with Crippen molar-refractivity contribution in [3.8, 4) is 11.5 Å². The minimum absolute atomic E-state index is 0.137. The fraction of sp³-hybridized carbons (Fsp3) is 0.588. The molecule has 1 fully saturated rings. The van der Waals surface area contributed by atoms with Crippen LogP contribution in [-0.4, -0.2) is 96.5 Å². The fourth-order valence-electron chi connectivity index (χ4n) is 6.37. The number of carbonyl (C=O) groups excluding carboxylic acids is 2. The van der Waals surface area contributed by atoms with Crippen LogP contribution in [0.1, 0.15) is 76.2 Å². The highest BCUT2D eigenvalue weighted by atomic mass is 16.6. The van der Waals surface area contributed by atoms with Crippen LogP contribution < -0.4 is 31.5 Å². The number of hydrogen-bond acceptors (Lipinski definition) is 11. The minimum atomic E-state index is -1.42. The van der Waals surface area contributed by atoms with Gasteiger partial charge in [-0.15, -0.1) is 0 Å². The van der Waals surface area contributed by atoms with Gasteiger partial charge in [0, 0.05) is 18.5 Å². The van der Waals surface area contributed by atoms with E-state index in [1.165, 1.54) is 0 Å². The first-order valence-electron chi connectivity index (χ1n) is 17.7. The average molecular weight is 712 g/mol. The highest BCUT2D eigenvalue weighted by Gasteiger charge is 2.38. The van der Waals surface area contributed by atoms with E-state index in [1.54, 1.807) is 42.5 Å². The summed E-state index contributed by atoms with van der Waals surface area (Å²) in [6, 6.07) is 5.12. The van der Waals surface area contributed by atoms with E-state index < -0.39 is 56.2 Å². The Morgan fingerprint density at radius 3 is 2.12 bits per heavy atom. The Bertz CT molecular complexity index is 1390. The number of carbonyl (C=O) groups is 4. The van der Waals surface area contributed by atoms with Crippen molar-refractivity contribution in [3.05, 3.63) is 48.1 Å². The molecule has 0 saturated heterocycles. The van der Waals surface area contributed by atoms with Gasteiger partial charge in [-0.05, 0) is 81.5 Å². The first-order chi connectivity index (χ1) is 24.5. The van der Waals surface area contributed by atoms with E-state index in [4.69, 9.17) is 35.3 Å². The molecule has 4 atom stereocenters. The van der Waals surface area contributed by atoms with Gasteiger partial charge in [-0.3, -0.25) is 19.2 Å². The minimum Gasteiger partial charge on any atom is -0.535 e. The third kappa shape index (κ3) is 14.0. The van der Waals surface area contributed by atoms with E-state index in [-0.39, 0.29) is 49.3 Å². The van der Waals surface area contributed by atoms with Crippen molar-refractivity contribution < 1.29 is 53.1 Å². The van der Waals surface area contributed by atoms with Gasteiger partial charge >= 0.3 is 26.2 Å². The lowest BCUT2D eigenvalue weighted by atomic mass is 9.75. The highest BCUT2D eigenvalue weighted by molar-refractivity contribution is 6.48. The van der Waals surface area contributed by atoms with Crippen molar-refractivity contribution >= 4 is 38.0 Å². The largest absolute Gasteiger partial charge is 0.550 e. The quantitative estimate of drug-likeness (QED) is 0.0685. The molecule has 2 heterocycles. The Balaban J connectivity index is 1.49. The molecular formula is C34H50B2N4O11. The van der Waals surface area contributed by atoms with E-state index in [2.05, 4.69) is 10.6 Å². The van der Waals surface area contributed by atoms with Crippen LogP contribution in [0.2, 0.25) is 0 Å². The van der Waals surface area contributed by atoms with Crippen molar-refractivity contribution in [1.29, 1.82) is 0 Å². The second-order valence-electron chi connectivity index (χ2n) is 13.4. The molecule has 15 nitrogen and oxygen atoms in total. The monoisotopic (exact) mass is 712 g/mol. The van der Waals surface area contributed by atoms with Crippen LogP contribution in [0.3, 0.4) is 0 Å². The SMILES string of the molecule is NCCCCOc1cc(CC(=O)N[C@H]2CC=C[C@H](CC(=O)O)OB2O)cc(OB2O[C@@H](CC(=O)O)C=CC[C@@H]2NC(=O)CC2CCC(N)CC2)c1. The maximum Gasteiger partial charge on any atom is 0.550 e. The molecule has 0 aromatic heterocycles. The van der Waals surface area contributed by atoms with Crippen molar-refractivity contribution in [2.45, 2.75) is 107 Å². The van der Waals surface area contributed by atoms with Gasteiger partial charge in [-0.1, -0.05) is 24.3 Å². The Morgan fingerprint density at radius 2 is 1.45 bits per heavy atom. The van der Waals surface area contributed by atoms with Gasteiger partial charge < -0.3 is 56.0 Å². The molecule has 9 N–H and O–H groups in total. The molecule has 2 aliphatic heterocycles. The maximum absolute atomic E-state index is 13.2. The van der Waals surface area contributed by atoms with Gasteiger partial charge in [0.25, 0.3) is 0 Å². The number of hydrogen-bond donors (Lipinski definition) is 7. The average Bonchev–Trinajstić information content (AvgIpc) is 3.34. The summed E-state index contributed by atoms with van der Waals surface area (Å²) in [5.41, 5.74) is 12.2. The van der Waals surface area contributed by atoms with Crippen molar-refractivity contribution in [2.24, 2.45) is 17.4 Å². The normalized spacial score (nSPS) is 25.0. The number of rotatable bonds is 17. The van der Waals surface area contributed by atoms with Crippen LogP contribution in [-0.2, 0) is 34.9 Å². The molecule has 51 heavy (non-hydrogen) atoms. The summed E-state index contributed by atoms with van der Waals surface area (Å²) in [4.78, 5) is 49.1. The number of amides is 2. The second kappa shape index (κ2) is 20.2.